The highest BCUT2D eigenvalue weighted by Crippen LogP contribution is 2.21. The van der Waals surface area contributed by atoms with Crippen LogP contribution in [-0.2, 0) is 13.0 Å². The van der Waals surface area contributed by atoms with Crippen LogP contribution in [0.2, 0.25) is 0 Å². The SMILES string of the molecule is Fc1ccc(-c2[nH]ncc2CNCCc2cccs2)cc1. The molecule has 0 radical (unpaired) electrons. The lowest BCUT2D eigenvalue weighted by Crippen LogP contribution is -2.16. The maximum atomic E-state index is 13.0. The molecule has 3 rings (SSSR count). The predicted molar refractivity (Wildman–Crippen MR) is 83.7 cm³/mol. The Bertz CT molecular complexity index is 674. The van der Waals surface area contributed by atoms with Gasteiger partial charge in [0.05, 0.1) is 11.9 Å². The van der Waals surface area contributed by atoms with Crippen LogP contribution in [0.3, 0.4) is 0 Å². The Hall–Kier alpha value is -1.98. The topological polar surface area (TPSA) is 40.7 Å². The van der Waals surface area contributed by atoms with Crippen LogP contribution in [0.25, 0.3) is 11.3 Å². The van der Waals surface area contributed by atoms with Crippen molar-refractivity contribution in [3.63, 3.8) is 0 Å². The molecule has 3 aromatic rings. The number of H-pyrrole nitrogens is 1. The summed E-state index contributed by atoms with van der Waals surface area (Å²) < 4.78 is 13.0. The molecule has 0 amide bonds. The van der Waals surface area contributed by atoms with Crippen molar-refractivity contribution in [2.45, 2.75) is 13.0 Å². The third kappa shape index (κ3) is 3.56. The van der Waals surface area contributed by atoms with Gasteiger partial charge in [-0.1, -0.05) is 6.07 Å². The van der Waals surface area contributed by atoms with Gasteiger partial charge in [0.1, 0.15) is 5.82 Å². The first-order chi connectivity index (χ1) is 10.3. The highest BCUT2D eigenvalue weighted by molar-refractivity contribution is 7.09. The smallest absolute Gasteiger partial charge is 0.123 e. The molecule has 3 nitrogen and oxygen atoms in total. The largest absolute Gasteiger partial charge is 0.312 e. The Morgan fingerprint density at radius 3 is 2.81 bits per heavy atom. The second-order valence-corrected chi connectivity index (χ2v) is 5.82. The molecule has 2 aromatic heterocycles. The molecule has 2 N–H and O–H groups in total. The number of nitrogens with zero attached hydrogens (tertiary/aromatic N) is 1. The first-order valence-electron chi connectivity index (χ1n) is 6.84. The van der Waals surface area contributed by atoms with Crippen LogP contribution in [0.1, 0.15) is 10.4 Å². The van der Waals surface area contributed by atoms with Gasteiger partial charge in [0, 0.05) is 29.1 Å². The maximum Gasteiger partial charge on any atom is 0.123 e. The minimum absolute atomic E-state index is 0.228. The molecule has 0 unspecified atom stereocenters. The molecular formula is C16H16FN3S. The Kier molecular flexibility index (Phi) is 4.43. The number of hydrogen-bond donors (Lipinski definition) is 2. The van der Waals surface area contributed by atoms with Gasteiger partial charge in [0.25, 0.3) is 0 Å². The van der Waals surface area contributed by atoms with Crippen LogP contribution in [0, 0.1) is 5.82 Å². The number of rotatable bonds is 6. The maximum absolute atomic E-state index is 13.0. The lowest BCUT2D eigenvalue weighted by atomic mass is 10.1. The fourth-order valence-electron chi connectivity index (χ4n) is 2.20. The third-order valence-electron chi connectivity index (χ3n) is 3.29. The minimum atomic E-state index is -0.228. The van der Waals surface area contributed by atoms with Gasteiger partial charge in [-0.05, 0) is 42.1 Å². The van der Waals surface area contributed by atoms with Crippen molar-refractivity contribution in [3.05, 3.63) is 64.2 Å². The summed E-state index contributed by atoms with van der Waals surface area (Å²) in [5.74, 6) is -0.228. The Morgan fingerprint density at radius 1 is 1.19 bits per heavy atom. The van der Waals surface area contributed by atoms with E-state index in [9.17, 15) is 4.39 Å². The van der Waals surface area contributed by atoms with Gasteiger partial charge in [-0.15, -0.1) is 11.3 Å². The normalized spacial score (nSPS) is 10.9. The van der Waals surface area contributed by atoms with E-state index in [0.717, 1.165) is 36.3 Å². The summed E-state index contributed by atoms with van der Waals surface area (Å²) in [6, 6.07) is 10.7. The highest BCUT2D eigenvalue weighted by atomic mass is 32.1. The average molecular weight is 301 g/mol. The molecule has 5 heteroatoms. The van der Waals surface area contributed by atoms with E-state index in [0.29, 0.717) is 0 Å². The van der Waals surface area contributed by atoms with E-state index in [1.807, 2.05) is 6.20 Å². The Labute approximate surface area is 126 Å². The van der Waals surface area contributed by atoms with Crippen LogP contribution in [0.5, 0.6) is 0 Å². The summed E-state index contributed by atoms with van der Waals surface area (Å²) in [6.45, 7) is 1.67. The molecule has 0 aliphatic carbocycles. The molecule has 0 atom stereocenters. The zero-order valence-corrected chi connectivity index (χ0v) is 12.3. The van der Waals surface area contributed by atoms with Crippen LogP contribution >= 0.6 is 11.3 Å². The lowest BCUT2D eigenvalue weighted by molar-refractivity contribution is 0.628. The van der Waals surface area contributed by atoms with E-state index in [4.69, 9.17) is 0 Å². The monoisotopic (exact) mass is 301 g/mol. The van der Waals surface area contributed by atoms with Crippen LogP contribution in [0.15, 0.2) is 48.0 Å². The average Bonchev–Trinajstić information content (AvgIpc) is 3.16. The van der Waals surface area contributed by atoms with Gasteiger partial charge < -0.3 is 5.32 Å². The van der Waals surface area contributed by atoms with Crippen molar-refractivity contribution in [1.82, 2.24) is 15.5 Å². The fraction of sp³-hybridized carbons (Fsp3) is 0.188. The molecule has 0 saturated carbocycles. The molecule has 0 aliphatic heterocycles. The predicted octanol–water partition coefficient (Wildman–Crippen LogP) is 3.61. The van der Waals surface area contributed by atoms with E-state index in [-0.39, 0.29) is 5.82 Å². The summed E-state index contributed by atoms with van der Waals surface area (Å²) in [5.41, 5.74) is 2.98. The van der Waals surface area contributed by atoms with Gasteiger partial charge in [-0.25, -0.2) is 4.39 Å². The summed E-state index contributed by atoms with van der Waals surface area (Å²) in [4.78, 5) is 1.38. The molecule has 0 saturated heterocycles. The quantitative estimate of drug-likeness (QED) is 0.683. The van der Waals surface area contributed by atoms with Crippen molar-refractivity contribution in [2.24, 2.45) is 0 Å². The molecule has 0 bridgehead atoms. The van der Waals surface area contributed by atoms with Crippen molar-refractivity contribution >= 4 is 11.3 Å². The van der Waals surface area contributed by atoms with Gasteiger partial charge in [-0.3, -0.25) is 5.10 Å². The lowest BCUT2D eigenvalue weighted by Gasteiger charge is -2.05. The number of aromatic amines is 1. The van der Waals surface area contributed by atoms with Gasteiger partial charge in [0.2, 0.25) is 0 Å². The molecule has 0 spiro atoms. The number of benzene rings is 1. The van der Waals surface area contributed by atoms with E-state index in [1.165, 1.54) is 17.0 Å². The Balaban J connectivity index is 1.59. The molecule has 2 heterocycles. The second kappa shape index (κ2) is 6.65. The second-order valence-electron chi connectivity index (χ2n) is 4.78. The third-order valence-corrected chi connectivity index (χ3v) is 4.23. The Morgan fingerprint density at radius 2 is 2.05 bits per heavy atom. The van der Waals surface area contributed by atoms with Crippen LogP contribution in [0.4, 0.5) is 4.39 Å². The van der Waals surface area contributed by atoms with E-state index < -0.39 is 0 Å². The molecule has 1 aromatic carbocycles. The molecule has 0 aliphatic rings. The highest BCUT2D eigenvalue weighted by Gasteiger charge is 2.07. The van der Waals surface area contributed by atoms with Crippen molar-refractivity contribution in [1.29, 1.82) is 0 Å². The minimum Gasteiger partial charge on any atom is -0.312 e. The van der Waals surface area contributed by atoms with Gasteiger partial charge >= 0.3 is 0 Å². The molecule has 21 heavy (non-hydrogen) atoms. The number of hydrogen-bond acceptors (Lipinski definition) is 3. The van der Waals surface area contributed by atoms with Crippen LogP contribution in [-0.4, -0.2) is 16.7 Å². The number of halogens is 1. The van der Waals surface area contributed by atoms with Crippen molar-refractivity contribution in [3.8, 4) is 11.3 Å². The zero-order valence-electron chi connectivity index (χ0n) is 11.5. The van der Waals surface area contributed by atoms with Gasteiger partial charge in [-0.2, -0.15) is 5.10 Å². The fourth-order valence-corrected chi connectivity index (χ4v) is 2.91. The first kappa shape index (κ1) is 14.0. The summed E-state index contributed by atoms with van der Waals surface area (Å²) >= 11 is 1.78. The number of aromatic nitrogens is 2. The van der Waals surface area contributed by atoms with Gasteiger partial charge in [0.15, 0.2) is 0 Å². The molecule has 0 fully saturated rings. The zero-order chi connectivity index (χ0) is 14.5. The van der Waals surface area contributed by atoms with Crippen molar-refractivity contribution < 1.29 is 4.39 Å². The number of nitrogens with one attached hydrogen (secondary N) is 2. The number of thiophene rings is 1. The molecular weight excluding hydrogens is 285 g/mol. The van der Waals surface area contributed by atoms with E-state index in [1.54, 1.807) is 23.5 Å². The summed E-state index contributed by atoms with van der Waals surface area (Å²) in [7, 11) is 0. The van der Waals surface area contributed by atoms with E-state index in [2.05, 4.69) is 33.0 Å². The summed E-state index contributed by atoms with van der Waals surface area (Å²) in [6.07, 6.45) is 2.85. The summed E-state index contributed by atoms with van der Waals surface area (Å²) in [5, 5.41) is 12.6. The first-order valence-corrected chi connectivity index (χ1v) is 7.72. The van der Waals surface area contributed by atoms with Crippen LogP contribution < -0.4 is 5.32 Å². The van der Waals surface area contributed by atoms with Crippen molar-refractivity contribution in [2.75, 3.05) is 6.54 Å². The standard InChI is InChI=1S/C16H16FN3S/c17-14-5-3-12(4-6-14)16-13(11-19-20-16)10-18-8-7-15-2-1-9-21-15/h1-6,9,11,18H,7-8,10H2,(H,19,20). The molecule has 108 valence electrons. The van der Waals surface area contributed by atoms with E-state index >= 15 is 0 Å².